The van der Waals surface area contributed by atoms with Crippen LogP contribution in [0.4, 0.5) is 0 Å². The van der Waals surface area contributed by atoms with E-state index in [0.29, 0.717) is 12.8 Å². The van der Waals surface area contributed by atoms with Crippen LogP contribution in [0.1, 0.15) is 181 Å². The van der Waals surface area contributed by atoms with E-state index in [4.69, 9.17) is 19.1 Å². The largest absolute Gasteiger partial charge is 0.472 e. The molecule has 0 bridgehead atoms. The zero-order valence-electron chi connectivity index (χ0n) is 32.3. The van der Waals surface area contributed by atoms with Crippen LogP contribution in [0.2, 0.25) is 0 Å². The van der Waals surface area contributed by atoms with Crippen molar-refractivity contribution in [2.75, 3.05) is 26.4 Å². The molecule has 0 amide bonds. The first kappa shape index (κ1) is 49.5. The highest BCUT2D eigenvalue weighted by atomic mass is 31.2. The van der Waals surface area contributed by atoms with Gasteiger partial charge in [0.2, 0.25) is 0 Å². The highest BCUT2D eigenvalue weighted by Gasteiger charge is 2.27. The number of unbranched alkanes of at least 4 members (excludes halogenated alkanes) is 20. The smallest absolute Gasteiger partial charge is 0.462 e. The van der Waals surface area contributed by atoms with Gasteiger partial charge >= 0.3 is 19.8 Å². The topological polar surface area (TPSA) is 149 Å². The summed E-state index contributed by atoms with van der Waals surface area (Å²) in [6.07, 6.45) is 34.4. The van der Waals surface area contributed by atoms with Crippen molar-refractivity contribution >= 4 is 19.8 Å². The molecule has 3 N–H and O–H groups in total. The van der Waals surface area contributed by atoms with Crippen LogP contribution in [0, 0.1) is 0 Å². The number of phosphoric ester groups is 1. The average Bonchev–Trinajstić information content (AvgIpc) is 3.12. The van der Waals surface area contributed by atoms with Crippen molar-refractivity contribution in [2.24, 2.45) is 0 Å². The third kappa shape index (κ3) is 36.6. The number of hydrogen-bond donors (Lipinski definition) is 3. The highest BCUT2D eigenvalue weighted by Crippen LogP contribution is 2.43. The van der Waals surface area contributed by atoms with E-state index < -0.39 is 51.8 Å². The van der Waals surface area contributed by atoms with E-state index >= 15 is 0 Å². The Labute approximate surface area is 310 Å². The molecule has 0 aromatic carbocycles. The van der Waals surface area contributed by atoms with E-state index in [1.54, 1.807) is 0 Å². The fourth-order valence-electron chi connectivity index (χ4n) is 5.39. The number of ether oxygens (including phenoxy) is 2. The summed E-state index contributed by atoms with van der Waals surface area (Å²) >= 11 is 0. The van der Waals surface area contributed by atoms with E-state index in [-0.39, 0.29) is 19.4 Å². The molecule has 10 nitrogen and oxygen atoms in total. The quantitative estimate of drug-likeness (QED) is 0.0241. The fourth-order valence-corrected chi connectivity index (χ4v) is 6.18. The summed E-state index contributed by atoms with van der Waals surface area (Å²) in [5.74, 6) is -0.967. The molecule has 0 aromatic heterocycles. The maximum absolute atomic E-state index is 12.6. The summed E-state index contributed by atoms with van der Waals surface area (Å²) in [5.41, 5.74) is 0. The Bertz CT molecular complexity index is 910. The van der Waals surface area contributed by atoms with E-state index in [1.807, 2.05) is 0 Å². The van der Waals surface area contributed by atoms with E-state index in [1.165, 1.54) is 96.3 Å². The molecule has 0 spiro atoms. The molecule has 11 heteroatoms. The second-order valence-corrected chi connectivity index (χ2v) is 15.1. The molecule has 51 heavy (non-hydrogen) atoms. The standard InChI is InChI=1S/C40H75O10P/c1-3-5-7-9-11-13-15-17-18-20-22-24-26-28-30-32-40(44)50-38(36-49-51(45,46)48-34-37(42)33-41)35-47-39(43)31-29-27-25-23-21-19-16-14-12-10-8-6-4-2/h19,21-22,24,37-38,41-42H,3-18,20,23,25-36H2,1-2H3,(H,45,46)/b21-19+,24-22+/t37-,38+/m0/s1. The monoisotopic (exact) mass is 747 g/mol. The maximum Gasteiger partial charge on any atom is 0.472 e. The molecule has 0 rings (SSSR count). The van der Waals surface area contributed by atoms with Crippen LogP contribution < -0.4 is 0 Å². The molecule has 0 saturated carbocycles. The Balaban J connectivity index is 4.39. The van der Waals surface area contributed by atoms with Gasteiger partial charge in [-0.25, -0.2) is 4.57 Å². The van der Waals surface area contributed by atoms with Crippen LogP contribution in [-0.4, -0.2) is 65.7 Å². The van der Waals surface area contributed by atoms with Crippen LogP contribution in [-0.2, 0) is 32.7 Å². The fraction of sp³-hybridized carbons (Fsp3) is 0.850. The van der Waals surface area contributed by atoms with Gasteiger partial charge < -0.3 is 24.6 Å². The van der Waals surface area contributed by atoms with Crippen molar-refractivity contribution in [1.29, 1.82) is 0 Å². The number of phosphoric acid groups is 1. The molecule has 0 aromatic rings. The number of esters is 2. The number of aliphatic hydroxyl groups excluding tert-OH is 2. The van der Waals surface area contributed by atoms with Gasteiger partial charge in [0, 0.05) is 12.8 Å². The number of hydrogen-bond acceptors (Lipinski definition) is 9. The third-order valence-corrected chi connectivity index (χ3v) is 9.53. The van der Waals surface area contributed by atoms with Gasteiger partial charge in [0.05, 0.1) is 19.8 Å². The Morgan fingerprint density at radius 1 is 0.569 bits per heavy atom. The normalized spacial score (nSPS) is 14.2. The summed E-state index contributed by atoms with van der Waals surface area (Å²) in [4.78, 5) is 34.8. The lowest BCUT2D eigenvalue weighted by Crippen LogP contribution is -2.29. The van der Waals surface area contributed by atoms with Crippen LogP contribution in [0.15, 0.2) is 24.3 Å². The minimum Gasteiger partial charge on any atom is -0.462 e. The first-order chi connectivity index (χ1) is 24.7. The Hall–Kier alpha value is -1.55. The molecule has 3 atom stereocenters. The summed E-state index contributed by atoms with van der Waals surface area (Å²) in [7, 11) is -4.62. The minimum atomic E-state index is -4.62. The van der Waals surface area contributed by atoms with Gasteiger partial charge in [-0.3, -0.25) is 18.6 Å². The van der Waals surface area contributed by atoms with Gasteiger partial charge in [-0.15, -0.1) is 0 Å². The zero-order valence-corrected chi connectivity index (χ0v) is 33.2. The second-order valence-electron chi connectivity index (χ2n) is 13.7. The molecule has 0 aliphatic carbocycles. The average molecular weight is 747 g/mol. The first-order valence-corrected chi connectivity index (χ1v) is 21.8. The molecule has 0 heterocycles. The number of carbonyl (C=O) groups excluding carboxylic acids is 2. The summed E-state index contributed by atoms with van der Waals surface area (Å²) in [5, 5.41) is 18.3. The third-order valence-electron chi connectivity index (χ3n) is 8.58. The van der Waals surface area contributed by atoms with Crippen LogP contribution in [0.3, 0.4) is 0 Å². The predicted octanol–water partition coefficient (Wildman–Crippen LogP) is 10.2. The number of carbonyl (C=O) groups is 2. The number of aliphatic hydroxyl groups is 2. The van der Waals surface area contributed by atoms with Gasteiger partial charge in [-0.05, 0) is 64.2 Å². The summed E-state index contributed by atoms with van der Waals surface area (Å²) < 4.78 is 32.6. The molecular weight excluding hydrogens is 671 g/mol. The molecule has 0 saturated heterocycles. The van der Waals surface area contributed by atoms with Gasteiger partial charge in [0.25, 0.3) is 0 Å². The molecule has 0 radical (unpaired) electrons. The van der Waals surface area contributed by atoms with Crippen LogP contribution in [0.25, 0.3) is 0 Å². The number of allylic oxidation sites excluding steroid dienone is 4. The van der Waals surface area contributed by atoms with Gasteiger partial charge in [-0.2, -0.15) is 0 Å². The van der Waals surface area contributed by atoms with E-state index in [0.717, 1.165) is 44.9 Å². The van der Waals surface area contributed by atoms with Crippen molar-refractivity contribution in [2.45, 2.75) is 193 Å². The van der Waals surface area contributed by atoms with E-state index in [9.17, 15) is 24.2 Å². The summed E-state index contributed by atoms with van der Waals surface area (Å²) in [6.45, 7) is 2.33. The Morgan fingerprint density at radius 2 is 0.961 bits per heavy atom. The highest BCUT2D eigenvalue weighted by molar-refractivity contribution is 7.47. The van der Waals surface area contributed by atoms with Gasteiger partial charge in [-0.1, -0.05) is 128 Å². The van der Waals surface area contributed by atoms with Crippen molar-refractivity contribution in [3.63, 3.8) is 0 Å². The second kappa shape index (κ2) is 36.8. The molecule has 1 unspecified atom stereocenters. The molecular formula is C40H75O10P. The van der Waals surface area contributed by atoms with Crippen molar-refractivity contribution in [3.05, 3.63) is 24.3 Å². The summed E-state index contributed by atoms with van der Waals surface area (Å²) in [6, 6.07) is 0. The van der Waals surface area contributed by atoms with Crippen LogP contribution in [0.5, 0.6) is 0 Å². The predicted molar refractivity (Wildman–Crippen MR) is 205 cm³/mol. The number of rotatable bonds is 38. The van der Waals surface area contributed by atoms with Crippen molar-refractivity contribution in [1.82, 2.24) is 0 Å². The minimum absolute atomic E-state index is 0.153. The SMILES string of the molecule is CCCCCCCC/C=C/CCCCCC(=O)OC[C@H](COP(=O)(O)OC[C@@H](O)CO)OC(=O)CCCC/C=C/CCCCCCCCCCC. The Kier molecular flexibility index (Phi) is 35.7. The van der Waals surface area contributed by atoms with Crippen molar-refractivity contribution in [3.8, 4) is 0 Å². The lowest BCUT2D eigenvalue weighted by molar-refractivity contribution is -0.161. The lowest BCUT2D eigenvalue weighted by atomic mass is 10.1. The molecule has 300 valence electrons. The Morgan fingerprint density at radius 3 is 1.45 bits per heavy atom. The van der Waals surface area contributed by atoms with Gasteiger partial charge in [0.15, 0.2) is 6.10 Å². The molecule has 0 aliphatic heterocycles. The van der Waals surface area contributed by atoms with Crippen molar-refractivity contribution < 1.29 is 47.8 Å². The molecule has 0 aliphatic rings. The van der Waals surface area contributed by atoms with E-state index in [2.05, 4.69) is 42.7 Å². The molecule has 0 fully saturated rings. The van der Waals surface area contributed by atoms with Crippen LogP contribution >= 0.6 is 7.82 Å². The lowest BCUT2D eigenvalue weighted by Gasteiger charge is -2.20. The first-order valence-electron chi connectivity index (χ1n) is 20.3. The van der Waals surface area contributed by atoms with Gasteiger partial charge in [0.1, 0.15) is 12.7 Å². The maximum atomic E-state index is 12.6. The zero-order chi connectivity index (χ0) is 37.7.